The van der Waals surface area contributed by atoms with E-state index in [1.165, 1.54) is 0 Å². The lowest BCUT2D eigenvalue weighted by atomic mass is 10.2. The molecule has 0 rings (SSSR count). The summed E-state index contributed by atoms with van der Waals surface area (Å²) in [5.41, 5.74) is 0. The van der Waals surface area contributed by atoms with Crippen molar-refractivity contribution in [2.75, 3.05) is 12.4 Å². The van der Waals surface area contributed by atoms with E-state index in [4.69, 9.17) is 11.6 Å². The second-order valence-electron chi connectivity index (χ2n) is 2.67. The molecule has 0 saturated carbocycles. The molecule has 2 nitrogen and oxygen atoms in total. The van der Waals surface area contributed by atoms with E-state index in [1.807, 2.05) is 0 Å². The second kappa shape index (κ2) is 9.41. The smallest absolute Gasteiger partial charge is 0.220 e. The maximum Gasteiger partial charge on any atom is 0.220 e. The fourth-order valence-corrected chi connectivity index (χ4v) is 1.05. The monoisotopic (exact) mass is 201 g/mol. The summed E-state index contributed by atoms with van der Waals surface area (Å²) in [5, 5.41) is 2.79. The van der Waals surface area contributed by atoms with Crippen molar-refractivity contribution in [3.63, 3.8) is 0 Å². The van der Waals surface area contributed by atoms with Crippen molar-refractivity contribution in [1.82, 2.24) is 5.32 Å². The molecule has 0 aromatic carbocycles. The highest BCUT2D eigenvalue weighted by Crippen LogP contribution is 1.96. The summed E-state index contributed by atoms with van der Waals surface area (Å²) in [6.45, 7) is 2.45. The Labute approximate surface area is 85.0 Å². The van der Waals surface area contributed by atoms with Crippen LogP contribution in [-0.4, -0.2) is 18.3 Å². The number of carbonyl (C=O) groups excluding carboxylic acids is 1. The van der Waals surface area contributed by atoms with Crippen LogP contribution in [0.25, 0.3) is 0 Å². The van der Waals surface area contributed by atoms with Crippen LogP contribution in [0.4, 0.5) is 0 Å². The lowest BCUT2D eigenvalue weighted by molar-refractivity contribution is -0.121. The predicted octanol–water partition coefficient (Wildman–Crippen LogP) is 1.93. The third-order valence-corrected chi connectivity index (χ3v) is 1.80. The van der Waals surface area contributed by atoms with Gasteiger partial charge in [-0.2, -0.15) is 0 Å². The summed E-state index contributed by atoms with van der Waals surface area (Å²) in [6, 6.07) is 0. The molecule has 74 valence electrons. The van der Waals surface area contributed by atoms with Crippen LogP contribution < -0.4 is 5.32 Å². The minimum atomic E-state index is 0.100. The van der Waals surface area contributed by atoms with Crippen LogP contribution in [0.3, 0.4) is 0 Å². The zero-order valence-electron chi connectivity index (χ0n) is 8.03. The summed E-state index contributed by atoms with van der Waals surface area (Å²) < 4.78 is 0. The van der Waals surface area contributed by atoms with Crippen LogP contribution in [-0.2, 0) is 4.79 Å². The van der Waals surface area contributed by atoms with Crippen LogP contribution in [0.5, 0.6) is 0 Å². The number of hydrogen-bond donors (Lipinski definition) is 1. The molecule has 0 atom stereocenters. The molecule has 0 aromatic rings. The number of amides is 1. The van der Waals surface area contributed by atoms with Gasteiger partial charge in [-0.25, -0.2) is 0 Å². The van der Waals surface area contributed by atoms with Gasteiger partial charge >= 0.3 is 0 Å². The number of nitrogens with one attached hydrogen (secondary N) is 1. The fourth-order valence-electron chi connectivity index (χ4n) is 0.858. The summed E-state index contributed by atoms with van der Waals surface area (Å²) in [4.78, 5) is 11.1. The van der Waals surface area contributed by atoms with Gasteiger partial charge in [0.15, 0.2) is 0 Å². The van der Waals surface area contributed by atoms with Crippen molar-refractivity contribution in [3.05, 3.63) is 0 Å². The quantitative estimate of drug-likeness (QED) is 0.397. The predicted molar refractivity (Wildman–Crippen MR) is 55.6 cm³/mol. The molecule has 0 fully saturated rings. The lowest BCUT2D eigenvalue weighted by Crippen LogP contribution is -2.23. The molecular formula is C10H16ClNO. The van der Waals surface area contributed by atoms with E-state index in [0.717, 1.165) is 19.3 Å². The van der Waals surface area contributed by atoms with Crippen molar-refractivity contribution >= 4 is 17.5 Å². The van der Waals surface area contributed by atoms with Gasteiger partial charge in [0, 0.05) is 25.3 Å². The number of alkyl halides is 1. The molecule has 3 heteroatoms. The zero-order chi connectivity index (χ0) is 9.94. The summed E-state index contributed by atoms with van der Waals surface area (Å²) in [6.07, 6.45) is 3.09. The van der Waals surface area contributed by atoms with Crippen molar-refractivity contribution in [2.24, 2.45) is 0 Å². The van der Waals surface area contributed by atoms with E-state index in [-0.39, 0.29) is 5.91 Å². The summed E-state index contributed by atoms with van der Waals surface area (Å²) >= 11 is 5.48. The average Bonchev–Trinajstić information content (AvgIpc) is 2.13. The van der Waals surface area contributed by atoms with E-state index in [0.29, 0.717) is 18.8 Å². The van der Waals surface area contributed by atoms with Gasteiger partial charge in [0.05, 0.1) is 0 Å². The molecule has 0 aliphatic rings. The van der Waals surface area contributed by atoms with Crippen LogP contribution in [0.15, 0.2) is 0 Å². The largest absolute Gasteiger partial charge is 0.355 e. The lowest BCUT2D eigenvalue weighted by Gasteiger charge is -2.01. The van der Waals surface area contributed by atoms with Crippen molar-refractivity contribution in [1.29, 1.82) is 0 Å². The average molecular weight is 202 g/mol. The molecule has 0 saturated heterocycles. The van der Waals surface area contributed by atoms with Gasteiger partial charge in [-0.15, -0.1) is 23.4 Å². The highest BCUT2D eigenvalue weighted by molar-refractivity contribution is 6.17. The van der Waals surface area contributed by atoms with Gasteiger partial charge in [0.25, 0.3) is 0 Å². The van der Waals surface area contributed by atoms with Crippen molar-refractivity contribution in [2.45, 2.75) is 32.6 Å². The molecule has 0 spiro atoms. The van der Waals surface area contributed by atoms with E-state index in [1.54, 1.807) is 6.92 Å². The standard InChI is InChI=1S/C10H16ClNO/c1-2-3-6-9-12-10(13)7-4-5-8-11/h4-9H2,1H3,(H,12,13). The Morgan fingerprint density at radius 3 is 2.85 bits per heavy atom. The number of carbonyl (C=O) groups is 1. The third-order valence-electron chi connectivity index (χ3n) is 1.54. The van der Waals surface area contributed by atoms with Gasteiger partial charge in [-0.3, -0.25) is 4.79 Å². The first-order valence-corrected chi connectivity index (χ1v) is 5.07. The van der Waals surface area contributed by atoms with E-state index >= 15 is 0 Å². The maximum atomic E-state index is 11.1. The Balaban J connectivity index is 3.23. The number of halogens is 1. The molecule has 1 N–H and O–H groups in total. The SMILES string of the molecule is CC#CCCNC(=O)CCCCCl. The molecular weight excluding hydrogens is 186 g/mol. The summed E-state index contributed by atoms with van der Waals surface area (Å²) in [7, 11) is 0. The molecule has 1 amide bonds. The Morgan fingerprint density at radius 2 is 2.23 bits per heavy atom. The third kappa shape index (κ3) is 9.23. The maximum absolute atomic E-state index is 11.1. The van der Waals surface area contributed by atoms with Crippen LogP contribution in [0.2, 0.25) is 0 Å². The molecule has 0 radical (unpaired) electrons. The molecule has 13 heavy (non-hydrogen) atoms. The van der Waals surface area contributed by atoms with Gasteiger partial charge in [-0.05, 0) is 19.8 Å². The molecule has 0 aromatic heterocycles. The van der Waals surface area contributed by atoms with E-state index in [2.05, 4.69) is 17.2 Å². The van der Waals surface area contributed by atoms with Crippen LogP contribution in [0, 0.1) is 11.8 Å². The minimum absolute atomic E-state index is 0.100. The van der Waals surface area contributed by atoms with Crippen molar-refractivity contribution in [3.8, 4) is 11.8 Å². The van der Waals surface area contributed by atoms with Crippen LogP contribution in [0.1, 0.15) is 32.6 Å². The van der Waals surface area contributed by atoms with Gasteiger partial charge in [-0.1, -0.05) is 0 Å². The highest BCUT2D eigenvalue weighted by atomic mass is 35.5. The first-order chi connectivity index (χ1) is 6.31. The molecule has 0 bridgehead atoms. The normalized spacial score (nSPS) is 8.77. The Morgan fingerprint density at radius 1 is 1.46 bits per heavy atom. The number of rotatable bonds is 6. The molecule has 0 aliphatic heterocycles. The minimum Gasteiger partial charge on any atom is -0.355 e. The molecule has 0 heterocycles. The zero-order valence-corrected chi connectivity index (χ0v) is 8.78. The Hall–Kier alpha value is -0.680. The first-order valence-electron chi connectivity index (χ1n) is 4.53. The van der Waals surface area contributed by atoms with Gasteiger partial charge in [0.1, 0.15) is 0 Å². The Bertz CT molecular complexity index is 193. The van der Waals surface area contributed by atoms with Crippen molar-refractivity contribution < 1.29 is 4.79 Å². The number of hydrogen-bond acceptors (Lipinski definition) is 1. The van der Waals surface area contributed by atoms with Gasteiger partial charge < -0.3 is 5.32 Å². The second-order valence-corrected chi connectivity index (χ2v) is 3.05. The number of unbranched alkanes of at least 4 members (excludes halogenated alkanes) is 1. The highest BCUT2D eigenvalue weighted by Gasteiger charge is 1.98. The molecule has 0 unspecified atom stereocenters. The van der Waals surface area contributed by atoms with Crippen LogP contribution >= 0.6 is 11.6 Å². The van der Waals surface area contributed by atoms with E-state index in [9.17, 15) is 4.79 Å². The summed E-state index contributed by atoms with van der Waals surface area (Å²) in [5.74, 6) is 6.39. The molecule has 0 aliphatic carbocycles. The first kappa shape index (κ1) is 12.3. The topological polar surface area (TPSA) is 29.1 Å². The fraction of sp³-hybridized carbons (Fsp3) is 0.700. The Kier molecular flexibility index (Phi) is 8.92. The van der Waals surface area contributed by atoms with E-state index < -0.39 is 0 Å². The van der Waals surface area contributed by atoms with Gasteiger partial charge in [0.2, 0.25) is 5.91 Å².